The van der Waals surface area contributed by atoms with Crippen molar-refractivity contribution >= 4 is 21.4 Å². The maximum absolute atomic E-state index is 13.0. The van der Waals surface area contributed by atoms with E-state index in [9.17, 15) is 8.42 Å². The largest absolute Gasteiger partial charge is 0.493 e. The first-order valence-electron chi connectivity index (χ1n) is 9.54. The molecule has 1 aliphatic heterocycles. The number of methoxy groups -OCH3 is 2. The van der Waals surface area contributed by atoms with E-state index in [0.717, 1.165) is 17.2 Å². The second-order valence-corrected chi connectivity index (χ2v) is 11.0. The smallest absolute Gasteiger partial charge is 0.243 e. The van der Waals surface area contributed by atoms with Gasteiger partial charge in [0.05, 0.1) is 31.4 Å². The molecule has 0 atom stereocenters. The Hall–Kier alpha value is -1.68. The molecular formula is C20H29N3O4S2. The summed E-state index contributed by atoms with van der Waals surface area (Å²) in [5.74, 6) is 0.917. The summed E-state index contributed by atoms with van der Waals surface area (Å²) in [6.07, 6.45) is 0. The fourth-order valence-corrected chi connectivity index (χ4v) is 5.67. The van der Waals surface area contributed by atoms with Gasteiger partial charge in [-0.1, -0.05) is 20.8 Å². The summed E-state index contributed by atoms with van der Waals surface area (Å²) in [5.41, 5.74) is 1.15. The van der Waals surface area contributed by atoms with Crippen molar-refractivity contribution in [3.8, 4) is 11.5 Å². The molecular weight excluding hydrogens is 410 g/mol. The number of hydrogen-bond acceptors (Lipinski definition) is 7. The highest BCUT2D eigenvalue weighted by Crippen LogP contribution is 2.31. The Bertz CT molecular complexity index is 943. The van der Waals surface area contributed by atoms with Gasteiger partial charge in [0.15, 0.2) is 11.5 Å². The minimum absolute atomic E-state index is 0.0426. The number of aromatic nitrogens is 1. The summed E-state index contributed by atoms with van der Waals surface area (Å²) in [5, 5.41) is 3.19. The zero-order valence-electron chi connectivity index (χ0n) is 17.6. The lowest BCUT2D eigenvalue weighted by Crippen LogP contribution is -2.48. The van der Waals surface area contributed by atoms with Crippen LogP contribution in [0.2, 0.25) is 0 Å². The summed E-state index contributed by atoms with van der Waals surface area (Å²) in [7, 11) is -0.550. The first kappa shape index (κ1) is 22.0. The van der Waals surface area contributed by atoms with Gasteiger partial charge in [-0.15, -0.1) is 11.3 Å². The molecule has 0 amide bonds. The van der Waals surface area contributed by atoms with E-state index >= 15 is 0 Å². The van der Waals surface area contributed by atoms with E-state index in [4.69, 9.17) is 14.5 Å². The van der Waals surface area contributed by atoms with E-state index in [1.54, 1.807) is 23.5 Å². The molecule has 1 aliphatic rings. The zero-order chi connectivity index (χ0) is 21.2. The molecule has 3 rings (SSSR count). The van der Waals surface area contributed by atoms with Gasteiger partial charge < -0.3 is 9.47 Å². The summed E-state index contributed by atoms with van der Waals surface area (Å²) in [6, 6.07) is 4.70. The number of nitrogens with zero attached hydrogens (tertiary/aromatic N) is 3. The predicted octanol–water partition coefficient (Wildman–Crippen LogP) is 2.96. The predicted molar refractivity (Wildman–Crippen MR) is 114 cm³/mol. The van der Waals surface area contributed by atoms with Gasteiger partial charge in [0.1, 0.15) is 5.01 Å². The second kappa shape index (κ2) is 8.59. The van der Waals surface area contributed by atoms with Crippen LogP contribution >= 0.6 is 11.3 Å². The van der Waals surface area contributed by atoms with Crippen LogP contribution in [0.1, 0.15) is 31.5 Å². The molecule has 0 unspecified atom stereocenters. The molecule has 2 aromatic rings. The Morgan fingerprint density at radius 2 is 1.72 bits per heavy atom. The van der Waals surface area contributed by atoms with E-state index in [1.807, 2.05) is 0 Å². The quantitative estimate of drug-likeness (QED) is 0.689. The number of benzene rings is 1. The highest BCUT2D eigenvalue weighted by molar-refractivity contribution is 7.89. The normalized spacial score (nSPS) is 16.7. The second-order valence-electron chi connectivity index (χ2n) is 8.07. The molecule has 0 radical (unpaired) electrons. The monoisotopic (exact) mass is 439 g/mol. The Labute approximate surface area is 177 Å². The molecule has 0 N–H and O–H groups in total. The first-order valence-corrected chi connectivity index (χ1v) is 11.9. The third-order valence-electron chi connectivity index (χ3n) is 5.00. The molecule has 0 saturated carbocycles. The maximum atomic E-state index is 13.0. The highest BCUT2D eigenvalue weighted by Gasteiger charge is 2.29. The molecule has 29 heavy (non-hydrogen) atoms. The molecule has 1 fully saturated rings. The van der Waals surface area contributed by atoms with Gasteiger partial charge in [0.2, 0.25) is 10.0 Å². The van der Waals surface area contributed by atoms with Crippen molar-refractivity contribution in [3.05, 3.63) is 34.3 Å². The van der Waals surface area contributed by atoms with Crippen molar-refractivity contribution in [1.82, 2.24) is 14.2 Å². The van der Waals surface area contributed by atoms with Gasteiger partial charge in [0, 0.05) is 43.0 Å². The zero-order valence-corrected chi connectivity index (χ0v) is 19.3. The Kier molecular flexibility index (Phi) is 6.52. The van der Waals surface area contributed by atoms with Crippen LogP contribution in [-0.2, 0) is 22.0 Å². The summed E-state index contributed by atoms with van der Waals surface area (Å²) >= 11 is 1.67. The minimum atomic E-state index is -3.57. The highest BCUT2D eigenvalue weighted by atomic mass is 32.2. The van der Waals surface area contributed by atoms with E-state index in [2.05, 4.69) is 31.1 Å². The van der Waals surface area contributed by atoms with Crippen LogP contribution in [0.3, 0.4) is 0 Å². The van der Waals surface area contributed by atoms with Crippen LogP contribution in [-0.4, -0.2) is 63.0 Å². The van der Waals surface area contributed by atoms with E-state index in [0.29, 0.717) is 37.7 Å². The maximum Gasteiger partial charge on any atom is 0.243 e. The lowest BCUT2D eigenvalue weighted by molar-refractivity contribution is 0.181. The van der Waals surface area contributed by atoms with Crippen molar-refractivity contribution < 1.29 is 17.9 Å². The lowest BCUT2D eigenvalue weighted by atomic mass is 9.93. The van der Waals surface area contributed by atoms with E-state index in [-0.39, 0.29) is 10.3 Å². The van der Waals surface area contributed by atoms with E-state index < -0.39 is 10.0 Å². The van der Waals surface area contributed by atoms with Crippen LogP contribution in [0.25, 0.3) is 0 Å². The molecule has 0 spiro atoms. The summed E-state index contributed by atoms with van der Waals surface area (Å²) in [4.78, 5) is 7.22. The fourth-order valence-electron chi connectivity index (χ4n) is 3.17. The minimum Gasteiger partial charge on any atom is -0.493 e. The fraction of sp³-hybridized carbons (Fsp3) is 0.550. The van der Waals surface area contributed by atoms with Crippen molar-refractivity contribution in [2.45, 2.75) is 37.6 Å². The average molecular weight is 440 g/mol. The molecule has 1 saturated heterocycles. The van der Waals surface area contributed by atoms with Gasteiger partial charge in [-0.25, -0.2) is 13.4 Å². The van der Waals surface area contributed by atoms with Gasteiger partial charge in [-0.05, 0) is 12.1 Å². The van der Waals surface area contributed by atoms with Gasteiger partial charge >= 0.3 is 0 Å². The van der Waals surface area contributed by atoms with E-state index in [1.165, 1.54) is 24.6 Å². The number of ether oxygens (including phenoxy) is 2. The number of rotatable bonds is 6. The van der Waals surface area contributed by atoms with Crippen molar-refractivity contribution in [2.75, 3.05) is 40.4 Å². The SMILES string of the molecule is COc1ccc(S(=O)(=O)N2CCN(Cc3nc(C(C)(C)C)cs3)CC2)cc1OC. The van der Waals surface area contributed by atoms with Crippen LogP contribution in [0, 0.1) is 0 Å². The van der Waals surface area contributed by atoms with Gasteiger partial charge in [-0.3, -0.25) is 4.90 Å². The molecule has 1 aromatic heterocycles. The topological polar surface area (TPSA) is 72.0 Å². The standard InChI is InChI=1S/C20H29N3O4S2/c1-20(2,3)18-14-28-19(21-18)13-22-8-10-23(11-9-22)29(24,25)15-6-7-16(26-4)17(12-15)27-5/h6-7,12,14H,8-11,13H2,1-5H3. The number of piperazine rings is 1. The molecule has 160 valence electrons. The third kappa shape index (κ3) is 4.91. The molecule has 0 bridgehead atoms. The van der Waals surface area contributed by atoms with Crippen molar-refractivity contribution in [1.29, 1.82) is 0 Å². The summed E-state index contributed by atoms with van der Waals surface area (Å²) in [6.45, 7) is 9.48. The summed E-state index contributed by atoms with van der Waals surface area (Å²) < 4.78 is 38.0. The Morgan fingerprint density at radius 1 is 1.07 bits per heavy atom. The number of thiazole rings is 1. The Morgan fingerprint density at radius 3 is 2.28 bits per heavy atom. The lowest BCUT2D eigenvalue weighted by Gasteiger charge is -2.33. The molecule has 2 heterocycles. The number of sulfonamides is 1. The average Bonchev–Trinajstić information content (AvgIpc) is 3.17. The van der Waals surface area contributed by atoms with Crippen molar-refractivity contribution in [3.63, 3.8) is 0 Å². The van der Waals surface area contributed by atoms with Crippen LogP contribution in [0.15, 0.2) is 28.5 Å². The molecule has 9 heteroatoms. The number of hydrogen-bond donors (Lipinski definition) is 0. The molecule has 1 aromatic carbocycles. The Balaban J connectivity index is 1.64. The first-order chi connectivity index (χ1) is 13.6. The van der Waals surface area contributed by atoms with Crippen LogP contribution in [0.4, 0.5) is 0 Å². The van der Waals surface area contributed by atoms with Gasteiger partial charge in [0.25, 0.3) is 0 Å². The van der Waals surface area contributed by atoms with Gasteiger partial charge in [-0.2, -0.15) is 4.31 Å². The van der Waals surface area contributed by atoms with Crippen LogP contribution in [0.5, 0.6) is 11.5 Å². The molecule has 7 nitrogen and oxygen atoms in total. The third-order valence-corrected chi connectivity index (χ3v) is 7.73. The van der Waals surface area contributed by atoms with Crippen molar-refractivity contribution in [2.24, 2.45) is 0 Å². The molecule has 0 aliphatic carbocycles. The van der Waals surface area contributed by atoms with Crippen LogP contribution < -0.4 is 9.47 Å².